The molecule has 1 aliphatic rings. The van der Waals surface area contributed by atoms with Gasteiger partial charge in [0, 0.05) is 25.9 Å². The Morgan fingerprint density at radius 2 is 1.86 bits per heavy atom. The summed E-state index contributed by atoms with van der Waals surface area (Å²) in [5, 5.41) is 0. The van der Waals surface area contributed by atoms with Crippen molar-refractivity contribution in [1.29, 1.82) is 0 Å². The number of hydrogen-bond donors (Lipinski definition) is 0. The molecule has 116 valence electrons. The largest absolute Gasteiger partial charge is 0.460 e. The summed E-state index contributed by atoms with van der Waals surface area (Å²) >= 11 is 0. The zero-order valence-corrected chi connectivity index (χ0v) is 12.5. The standard InChI is InChI=1S/C14H20FN3O3/c1-14(2,3)21-13(19)18-6-4-11(5-7-18)20-12-16-8-10(15)9-17-12/h8-9,11H,4-7H2,1-3H3. The van der Waals surface area contributed by atoms with Gasteiger partial charge in [-0.05, 0) is 20.8 Å². The highest BCUT2D eigenvalue weighted by atomic mass is 19.1. The SMILES string of the molecule is CC(C)(C)OC(=O)N1CCC(Oc2ncc(F)cn2)CC1. The molecule has 6 nitrogen and oxygen atoms in total. The van der Waals surface area contributed by atoms with Crippen molar-refractivity contribution in [3.63, 3.8) is 0 Å². The molecule has 2 rings (SSSR count). The van der Waals surface area contributed by atoms with Gasteiger partial charge in [0.1, 0.15) is 11.7 Å². The molecule has 1 aliphatic heterocycles. The monoisotopic (exact) mass is 297 g/mol. The zero-order valence-electron chi connectivity index (χ0n) is 12.5. The van der Waals surface area contributed by atoms with Gasteiger partial charge in [-0.3, -0.25) is 0 Å². The zero-order chi connectivity index (χ0) is 15.5. The maximum absolute atomic E-state index is 12.7. The van der Waals surface area contributed by atoms with Crippen molar-refractivity contribution >= 4 is 6.09 Å². The van der Waals surface area contributed by atoms with Crippen molar-refractivity contribution in [2.75, 3.05) is 13.1 Å². The third kappa shape index (κ3) is 4.84. The van der Waals surface area contributed by atoms with E-state index in [-0.39, 0.29) is 18.2 Å². The predicted molar refractivity (Wildman–Crippen MR) is 73.4 cm³/mol. The van der Waals surface area contributed by atoms with Gasteiger partial charge in [-0.25, -0.2) is 19.2 Å². The summed E-state index contributed by atoms with van der Waals surface area (Å²) in [5.41, 5.74) is -0.494. The molecule has 0 atom stereocenters. The number of ether oxygens (including phenoxy) is 2. The molecule has 0 bridgehead atoms. The average molecular weight is 297 g/mol. The number of nitrogens with zero attached hydrogens (tertiary/aromatic N) is 3. The van der Waals surface area contributed by atoms with E-state index >= 15 is 0 Å². The third-order valence-electron chi connectivity index (χ3n) is 2.96. The number of piperidine rings is 1. The van der Waals surface area contributed by atoms with Crippen LogP contribution >= 0.6 is 0 Å². The van der Waals surface area contributed by atoms with Crippen LogP contribution in [0.15, 0.2) is 12.4 Å². The number of carbonyl (C=O) groups excluding carboxylic acids is 1. The molecular formula is C14H20FN3O3. The summed E-state index contributed by atoms with van der Waals surface area (Å²) in [4.78, 5) is 21.1. The van der Waals surface area contributed by atoms with E-state index in [1.54, 1.807) is 4.90 Å². The first-order valence-electron chi connectivity index (χ1n) is 6.95. The van der Waals surface area contributed by atoms with Crippen molar-refractivity contribution in [3.05, 3.63) is 18.2 Å². The maximum Gasteiger partial charge on any atom is 0.410 e. The Bertz CT molecular complexity index is 479. The van der Waals surface area contributed by atoms with E-state index in [1.165, 1.54) is 0 Å². The Morgan fingerprint density at radius 1 is 1.29 bits per heavy atom. The summed E-state index contributed by atoms with van der Waals surface area (Å²) in [6.07, 6.45) is 3.09. The van der Waals surface area contributed by atoms with Crippen LogP contribution in [0.1, 0.15) is 33.6 Å². The Morgan fingerprint density at radius 3 is 2.38 bits per heavy atom. The van der Waals surface area contributed by atoms with Crippen LogP contribution in [0.2, 0.25) is 0 Å². The molecule has 0 aromatic carbocycles. The second-order valence-electron chi connectivity index (χ2n) is 5.97. The van der Waals surface area contributed by atoms with Gasteiger partial charge in [0.2, 0.25) is 0 Å². The minimum absolute atomic E-state index is 0.0749. The van der Waals surface area contributed by atoms with Crippen LogP contribution in [0, 0.1) is 5.82 Å². The Labute approximate surface area is 123 Å². The van der Waals surface area contributed by atoms with Crippen molar-refractivity contribution in [2.45, 2.75) is 45.3 Å². The van der Waals surface area contributed by atoms with Crippen LogP contribution in [-0.2, 0) is 4.74 Å². The molecule has 1 fully saturated rings. The molecular weight excluding hydrogens is 277 g/mol. The number of halogens is 1. The van der Waals surface area contributed by atoms with Gasteiger partial charge in [-0.1, -0.05) is 0 Å². The van der Waals surface area contributed by atoms with Crippen LogP contribution in [0.3, 0.4) is 0 Å². The second kappa shape index (κ2) is 6.24. The highest BCUT2D eigenvalue weighted by molar-refractivity contribution is 5.68. The summed E-state index contributed by atoms with van der Waals surface area (Å²) in [6, 6.07) is 0.159. The van der Waals surface area contributed by atoms with Crippen LogP contribution < -0.4 is 4.74 Å². The molecule has 0 unspecified atom stereocenters. The average Bonchev–Trinajstić information content (AvgIpc) is 2.40. The first kappa shape index (κ1) is 15.5. The molecule has 0 aliphatic carbocycles. The molecule has 1 aromatic heterocycles. The molecule has 0 saturated carbocycles. The highest BCUT2D eigenvalue weighted by Gasteiger charge is 2.27. The lowest BCUT2D eigenvalue weighted by atomic mass is 10.1. The van der Waals surface area contributed by atoms with Crippen LogP contribution in [0.4, 0.5) is 9.18 Å². The Balaban J connectivity index is 1.80. The lowest BCUT2D eigenvalue weighted by molar-refractivity contribution is 0.0118. The topological polar surface area (TPSA) is 64.5 Å². The number of carbonyl (C=O) groups is 1. The molecule has 0 spiro atoms. The third-order valence-corrected chi connectivity index (χ3v) is 2.96. The molecule has 7 heteroatoms. The fourth-order valence-corrected chi connectivity index (χ4v) is 1.99. The van der Waals surface area contributed by atoms with Gasteiger partial charge < -0.3 is 14.4 Å². The Kier molecular flexibility index (Phi) is 4.59. The van der Waals surface area contributed by atoms with Gasteiger partial charge in [-0.2, -0.15) is 0 Å². The van der Waals surface area contributed by atoms with E-state index in [0.29, 0.717) is 25.9 Å². The summed E-state index contributed by atoms with van der Waals surface area (Å²) in [6.45, 7) is 6.63. The van der Waals surface area contributed by atoms with Crippen LogP contribution in [0.5, 0.6) is 6.01 Å². The normalized spacial score (nSPS) is 16.7. The number of aromatic nitrogens is 2. The van der Waals surface area contributed by atoms with Crippen molar-refractivity contribution in [2.24, 2.45) is 0 Å². The number of hydrogen-bond acceptors (Lipinski definition) is 5. The van der Waals surface area contributed by atoms with Crippen molar-refractivity contribution in [1.82, 2.24) is 14.9 Å². The highest BCUT2D eigenvalue weighted by Crippen LogP contribution is 2.18. The lowest BCUT2D eigenvalue weighted by Gasteiger charge is -2.33. The first-order chi connectivity index (χ1) is 9.83. The van der Waals surface area contributed by atoms with Crippen molar-refractivity contribution in [3.8, 4) is 6.01 Å². The number of amides is 1. The lowest BCUT2D eigenvalue weighted by Crippen LogP contribution is -2.44. The molecule has 1 amide bonds. The smallest absolute Gasteiger partial charge is 0.410 e. The summed E-state index contributed by atoms with van der Waals surface area (Å²) < 4.78 is 23.6. The maximum atomic E-state index is 12.7. The summed E-state index contributed by atoms with van der Waals surface area (Å²) in [7, 11) is 0. The molecule has 1 saturated heterocycles. The van der Waals surface area contributed by atoms with Gasteiger partial charge >= 0.3 is 12.1 Å². The van der Waals surface area contributed by atoms with E-state index in [9.17, 15) is 9.18 Å². The molecule has 0 N–H and O–H groups in total. The molecule has 1 aromatic rings. The molecule has 21 heavy (non-hydrogen) atoms. The van der Waals surface area contributed by atoms with E-state index in [4.69, 9.17) is 9.47 Å². The molecule has 2 heterocycles. The number of likely N-dealkylation sites (tertiary alicyclic amines) is 1. The van der Waals surface area contributed by atoms with Crippen molar-refractivity contribution < 1.29 is 18.7 Å². The summed E-state index contributed by atoms with van der Waals surface area (Å²) in [5.74, 6) is -0.498. The minimum atomic E-state index is -0.498. The second-order valence-corrected chi connectivity index (χ2v) is 5.97. The van der Waals surface area contributed by atoms with Crippen LogP contribution in [-0.4, -0.2) is 45.8 Å². The van der Waals surface area contributed by atoms with E-state index in [1.807, 2.05) is 20.8 Å². The van der Waals surface area contributed by atoms with Gasteiger partial charge in [0.05, 0.1) is 12.4 Å². The fourth-order valence-electron chi connectivity index (χ4n) is 1.99. The quantitative estimate of drug-likeness (QED) is 0.838. The predicted octanol–water partition coefficient (Wildman–Crippen LogP) is 2.39. The molecule has 0 radical (unpaired) electrons. The van der Waals surface area contributed by atoms with E-state index in [2.05, 4.69) is 9.97 Å². The first-order valence-corrected chi connectivity index (χ1v) is 6.95. The fraction of sp³-hybridized carbons (Fsp3) is 0.643. The van der Waals surface area contributed by atoms with E-state index in [0.717, 1.165) is 12.4 Å². The van der Waals surface area contributed by atoms with E-state index < -0.39 is 11.4 Å². The van der Waals surface area contributed by atoms with Gasteiger partial charge in [-0.15, -0.1) is 0 Å². The number of rotatable bonds is 2. The van der Waals surface area contributed by atoms with Gasteiger partial charge in [0.15, 0.2) is 5.82 Å². The Hall–Kier alpha value is -1.92. The van der Waals surface area contributed by atoms with Crippen LogP contribution in [0.25, 0.3) is 0 Å². The van der Waals surface area contributed by atoms with Gasteiger partial charge in [0.25, 0.3) is 0 Å². The minimum Gasteiger partial charge on any atom is -0.460 e.